The number of ketones is 5. The molecular weight excluding hydrogens is 1780 g/mol. The molecule has 44 nitrogen and oxygen atoms in total. The highest BCUT2D eigenvalue weighted by Crippen LogP contribution is 2.49. The normalized spacial score (nSPS) is 27.7. The van der Waals surface area contributed by atoms with Crippen LogP contribution in [0.4, 0.5) is 5.69 Å². The predicted molar refractivity (Wildman–Crippen MR) is 462 cm³/mol. The third-order valence-electron chi connectivity index (χ3n) is 23.9. The van der Waals surface area contributed by atoms with Crippen molar-refractivity contribution in [3.8, 4) is 0 Å². The molecule has 7 heterocycles. The van der Waals surface area contributed by atoms with Crippen LogP contribution in [0.1, 0.15) is 221 Å². The second-order valence-electron chi connectivity index (χ2n) is 35.1. The van der Waals surface area contributed by atoms with E-state index in [0.29, 0.717) is 95.4 Å². The Kier molecular flexibility index (Phi) is 49.8. The lowest BCUT2D eigenvalue weighted by Crippen LogP contribution is -2.64. The molecule has 5 aliphatic heterocycles. The lowest BCUT2D eigenvalue weighted by molar-refractivity contribution is -0.282. The fraction of sp³-hybridized carbons (Fsp3) is 0.826. The summed E-state index contributed by atoms with van der Waals surface area (Å²) in [7, 11) is -9.94. The molecule has 2 aromatic heterocycles. The van der Waals surface area contributed by atoms with Crippen molar-refractivity contribution in [2.24, 2.45) is 11.8 Å². The molecular formula is C86H142N8O36P2-2. The predicted octanol–water partition coefficient (Wildman–Crippen LogP) is 0.264. The minimum Gasteiger partial charge on any atom is -0.778 e. The number of phosphoric acid groups is 1. The highest BCUT2D eigenvalue weighted by Gasteiger charge is 2.48. The number of nitrogens with zero attached hydrogens (tertiary/aromatic N) is 4. The molecule has 0 spiro atoms. The Hall–Kier alpha value is -5.89. The molecule has 0 aliphatic carbocycles. The van der Waals surface area contributed by atoms with Crippen molar-refractivity contribution < 1.29 is 174 Å². The lowest BCUT2D eigenvalue weighted by Gasteiger charge is -2.42. The number of aliphatic hydroxyl groups excluding tert-OH is 10. The van der Waals surface area contributed by atoms with Crippen molar-refractivity contribution in [1.82, 2.24) is 35.4 Å². The minimum absolute atomic E-state index is 0.0213. The maximum atomic E-state index is 14.6. The maximum Gasteiger partial charge on any atom is 0.268 e. The number of imidazole rings is 1. The van der Waals surface area contributed by atoms with Crippen LogP contribution >= 0.6 is 15.4 Å². The van der Waals surface area contributed by atoms with Crippen LogP contribution in [0.25, 0.3) is 11.2 Å². The number of nitrogens with two attached hydrogens (primary N) is 1. The average molecular weight is 1930 g/mol. The summed E-state index contributed by atoms with van der Waals surface area (Å²) in [4.78, 5) is 156. The van der Waals surface area contributed by atoms with Crippen molar-refractivity contribution in [3.63, 3.8) is 0 Å². The van der Waals surface area contributed by atoms with Gasteiger partial charge in [-0.15, -0.1) is 0 Å². The van der Waals surface area contributed by atoms with E-state index in [9.17, 15) is 113 Å². The summed E-state index contributed by atoms with van der Waals surface area (Å²) in [6.07, 6.45) is -9.37. The van der Waals surface area contributed by atoms with Gasteiger partial charge in [0.15, 0.2) is 24.5 Å². The number of pyridine rings is 1. The number of nitrogen functional groups attached to an aromatic ring is 1. The van der Waals surface area contributed by atoms with Gasteiger partial charge in [0.1, 0.15) is 115 Å². The van der Waals surface area contributed by atoms with Gasteiger partial charge in [0.2, 0.25) is 23.6 Å². The molecule has 8 unspecified atom stereocenters. The number of nitrogens with one attached hydrogen (secondary N) is 3. The van der Waals surface area contributed by atoms with E-state index in [1.165, 1.54) is 43.9 Å². The van der Waals surface area contributed by atoms with Crippen LogP contribution in [0.3, 0.4) is 0 Å². The number of aromatic nitrogens is 3. The molecule has 7 rings (SSSR count). The van der Waals surface area contributed by atoms with E-state index in [-0.39, 0.29) is 176 Å². The summed E-state index contributed by atoms with van der Waals surface area (Å²) in [6, 6.07) is -0.780. The zero-order valence-corrected chi connectivity index (χ0v) is 78.1. The number of Topliss-reactive ketones (excluding diaryl/α,β-unsaturated/α-hetero) is 5. The summed E-state index contributed by atoms with van der Waals surface area (Å²) in [5.41, 5.74) is 4.26. The first kappa shape index (κ1) is 113. The molecule has 15 N–H and O–H groups in total. The van der Waals surface area contributed by atoms with Gasteiger partial charge in [-0.1, -0.05) is 40.5 Å². The Morgan fingerprint density at radius 1 is 0.545 bits per heavy atom. The van der Waals surface area contributed by atoms with Crippen LogP contribution < -0.4 is 31.5 Å². The van der Waals surface area contributed by atoms with Gasteiger partial charge in [0.05, 0.1) is 115 Å². The highest BCUT2D eigenvalue weighted by molar-refractivity contribution is 7.52. The zero-order valence-electron chi connectivity index (χ0n) is 76.3. The van der Waals surface area contributed by atoms with Crippen LogP contribution in [0.2, 0.25) is 0 Å². The number of unbranched alkanes of at least 4 members (excludes halogenated alkanes) is 8. The number of fused-ring (bicyclic) bond motifs is 1. The molecule has 0 bridgehead atoms. The second kappa shape index (κ2) is 58.1. The van der Waals surface area contributed by atoms with E-state index in [1.807, 2.05) is 0 Å². The second-order valence-corrected chi connectivity index (χ2v) is 38.8. The molecule has 0 saturated carbocycles. The Balaban J connectivity index is 0.957. The molecule has 132 heavy (non-hydrogen) atoms. The smallest absolute Gasteiger partial charge is 0.268 e. The quantitative estimate of drug-likeness (QED) is 0.0240. The van der Waals surface area contributed by atoms with Crippen LogP contribution in [-0.4, -0.2) is 344 Å². The van der Waals surface area contributed by atoms with Gasteiger partial charge < -0.3 is 153 Å². The minimum atomic E-state index is -5.44. The van der Waals surface area contributed by atoms with Crippen LogP contribution in [0.15, 0.2) is 18.6 Å². The van der Waals surface area contributed by atoms with Crippen LogP contribution in [-0.2, 0) is 113 Å². The van der Waals surface area contributed by atoms with Gasteiger partial charge in [-0.2, -0.15) is 0 Å². The van der Waals surface area contributed by atoms with Gasteiger partial charge in [-0.3, -0.25) is 52.3 Å². The number of aliphatic hydroxyl groups is 10. The number of hydrogen-bond acceptors (Lipinski definition) is 39. The van der Waals surface area contributed by atoms with Crippen LogP contribution in [0.5, 0.6) is 0 Å². The fourth-order valence-electron chi connectivity index (χ4n) is 15.8. The molecule has 754 valence electrons. The summed E-state index contributed by atoms with van der Waals surface area (Å²) >= 11 is 0. The van der Waals surface area contributed by atoms with Gasteiger partial charge >= 0.3 is 0 Å². The average Bonchev–Trinajstić information content (AvgIpc) is 1.66. The van der Waals surface area contributed by atoms with E-state index in [2.05, 4.69) is 25.9 Å². The summed E-state index contributed by atoms with van der Waals surface area (Å²) in [5.74, 6) is -4.35. The maximum absolute atomic E-state index is 14.6. The number of carbonyl (C=O) groups excluding carboxylic acids is 9. The Morgan fingerprint density at radius 3 is 1.48 bits per heavy atom. The first-order valence-corrected chi connectivity index (χ1v) is 49.1. The fourth-order valence-corrected chi connectivity index (χ4v) is 17.5. The third-order valence-corrected chi connectivity index (χ3v) is 26.6. The van der Waals surface area contributed by atoms with Gasteiger partial charge in [-0.05, 0) is 89.5 Å². The Bertz CT molecular complexity index is 3870. The van der Waals surface area contributed by atoms with Crippen molar-refractivity contribution in [3.05, 3.63) is 18.6 Å². The zero-order chi connectivity index (χ0) is 96.7. The Morgan fingerprint density at radius 2 is 1.00 bits per heavy atom. The summed E-state index contributed by atoms with van der Waals surface area (Å²) in [5, 5.41) is 110. The first-order chi connectivity index (χ1) is 62.9. The SMILES string of the molecule is CC(=O)NC1[C@H](OCCCCC(=O)CCCCNC(=O)CCOCC(COCCC(=O)CCCCCC(=O)CCCCO[C@@H]2OC(CO)[C@H](O)[C@H](O)C2C)(COCCC(=O)CCCCCC(=O)CCCCO[C@@H]2OC(CO)[C@H](O)[C@H](O)C2C)NC(=O)CC(=O)N2C[C@@H](O)C[C@@H]2COP(=O)([O-])O[C@H]2C[C@H](n3cnc4c(N)ccnc43)O[C@@H]2COP(=O)([O-])C(C)C)OC(CO)[C@H](O)[C@@H]1O. The molecule has 5 fully saturated rings. The van der Waals surface area contributed by atoms with Gasteiger partial charge in [-0.25, -0.2) is 9.97 Å². The van der Waals surface area contributed by atoms with Gasteiger partial charge in [0, 0.05) is 141 Å². The molecule has 5 aliphatic rings. The standard InChI is InChI=1S/C86H144N8O36P2/c1-53(2)131(114,115)124-48-69-65(41-73(126-69)94-52-90-74-64(87)28-33-89-82(74)94)130-132(116,117)125-47-57-40-63(104)43-93(57)72(107)42-71(106)92-86(49-118-37-29-61(102)22-10-6-8-20-58(99)25-13-17-34-121-83-54(3)76(108)78(110)66(44-95)127-83,50-119-38-30-62(103)23-11-7-9-21-59(100)26-14-18-35-122-84-55(4)77(109)79(111)67(45-96)128-84)51-120-39-31-70(105)88-32-16-12-24-60(101)27-15-19-36-123-85-75(91-56(5)98)81(113)80(112)68(46-97)129-85/h28,33,52-55,57,63,65-69,73,75-81,83-85,95-97,104,108-113H,6-27,29-32,34-51H2,1-5H3,(H2,87,89)(H,88,105)(H,91,98)(H,92,106)(H,114,115)(H,116,117)/p-2/t54?,55?,57-,63+,65+,66?,67?,68?,69-,73-,75?,76-,77-,78+,79+,80+,81-,83-,84-,85-,86?/m1/s1. The number of β-amino-alcohol motifs (C(OH)–C–C–N with tert-alkyl or cyclic N) is 1. The lowest BCUT2D eigenvalue weighted by atomic mass is 9.92. The van der Waals surface area contributed by atoms with Crippen molar-refractivity contribution in [1.29, 1.82) is 0 Å². The van der Waals surface area contributed by atoms with E-state index in [1.54, 1.807) is 13.8 Å². The molecule has 0 aromatic carbocycles. The number of ether oxygens (including phenoxy) is 10. The molecule has 2 aromatic rings. The molecule has 0 radical (unpaired) electrons. The topological polar surface area (TPSA) is 652 Å². The number of hydrogen-bond donors (Lipinski definition) is 14. The van der Waals surface area contributed by atoms with E-state index >= 15 is 0 Å². The van der Waals surface area contributed by atoms with Crippen molar-refractivity contribution in [2.75, 3.05) is 111 Å². The largest absolute Gasteiger partial charge is 0.778 e. The molecule has 22 atom stereocenters. The summed E-state index contributed by atoms with van der Waals surface area (Å²) < 4.78 is 103. The number of rotatable bonds is 67. The Labute approximate surface area is 768 Å². The number of amides is 4. The first-order valence-electron chi connectivity index (χ1n) is 46.1. The highest BCUT2D eigenvalue weighted by atomic mass is 31.2. The van der Waals surface area contributed by atoms with Gasteiger partial charge in [0.25, 0.3) is 7.82 Å². The number of carbonyl (C=O) groups is 9. The van der Waals surface area contributed by atoms with E-state index in [0.717, 1.165) is 4.90 Å². The summed E-state index contributed by atoms with van der Waals surface area (Å²) in [6.45, 7) is 2.47. The van der Waals surface area contributed by atoms with E-state index in [4.69, 9.17) is 66.7 Å². The van der Waals surface area contributed by atoms with Crippen molar-refractivity contribution >= 4 is 84.8 Å². The molecule has 5 saturated heterocycles. The van der Waals surface area contributed by atoms with Crippen molar-refractivity contribution in [2.45, 2.75) is 336 Å². The number of likely N-dealkylation sites (tertiary alicyclic amines) is 1. The monoisotopic (exact) mass is 1920 g/mol. The number of phosphoric ester groups is 1. The molecule has 46 heteroatoms. The van der Waals surface area contributed by atoms with Crippen LogP contribution in [0, 0.1) is 11.8 Å². The number of anilines is 1. The molecule has 4 amide bonds. The van der Waals surface area contributed by atoms with E-state index < -0.39 is 232 Å². The third kappa shape index (κ3) is 37.8.